The summed E-state index contributed by atoms with van der Waals surface area (Å²) in [6, 6.07) is 3.82. The Labute approximate surface area is 112 Å². The molecule has 1 aliphatic heterocycles. The lowest BCUT2D eigenvalue weighted by Crippen LogP contribution is -2.22. The van der Waals surface area contributed by atoms with E-state index in [2.05, 4.69) is 26.8 Å². The summed E-state index contributed by atoms with van der Waals surface area (Å²) < 4.78 is 0. The standard InChI is InChI=1S/C13H14N6/c1-2-5-16-12-13(19-6-3-4-7-19)18-11(9-15)10(8-14)17-12/h2H,1,3-7H2,(H,16,17). The van der Waals surface area contributed by atoms with E-state index in [-0.39, 0.29) is 11.4 Å². The molecule has 6 heteroatoms. The van der Waals surface area contributed by atoms with Crippen molar-refractivity contribution in [2.24, 2.45) is 0 Å². The van der Waals surface area contributed by atoms with Gasteiger partial charge in [0.05, 0.1) is 0 Å². The quantitative estimate of drug-likeness (QED) is 0.817. The summed E-state index contributed by atoms with van der Waals surface area (Å²) in [7, 11) is 0. The number of nitriles is 2. The second-order valence-corrected chi connectivity index (χ2v) is 4.18. The lowest BCUT2D eigenvalue weighted by molar-refractivity contribution is 0.919. The molecule has 0 unspecified atom stereocenters. The molecule has 1 fully saturated rings. The van der Waals surface area contributed by atoms with Crippen LogP contribution in [0.25, 0.3) is 0 Å². The highest BCUT2D eigenvalue weighted by molar-refractivity contribution is 5.64. The van der Waals surface area contributed by atoms with E-state index in [9.17, 15) is 0 Å². The Morgan fingerprint density at radius 2 is 1.84 bits per heavy atom. The summed E-state index contributed by atoms with van der Waals surface area (Å²) >= 11 is 0. The Bertz CT molecular complexity index is 560. The van der Waals surface area contributed by atoms with Crippen molar-refractivity contribution in [3.8, 4) is 12.1 Å². The number of nitrogens with one attached hydrogen (secondary N) is 1. The molecule has 0 aromatic carbocycles. The van der Waals surface area contributed by atoms with E-state index >= 15 is 0 Å². The normalized spacial score (nSPS) is 13.7. The van der Waals surface area contributed by atoms with Crippen LogP contribution in [0.3, 0.4) is 0 Å². The van der Waals surface area contributed by atoms with E-state index in [0.717, 1.165) is 25.9 Å². The minimum atomic E-state index is 0.0528. The molecule has 2 rings (SSSR count). The van der Waals surface area contributed by atoms with Crippen LogP contribution in [-0.2, 0) is 0 Å². The van der Waals surface area contributed by atoms with Gasteiger partial charge in [0, 0.05) is 19.6 Å². The van der Waals surface area contributed by atoms with Crippen molar-refractivity contribution in [1.29, 1.82) is 10.5 Å². The largest absolute Gasteiger partial charge is 0.363 e. The SMILES string of the molecule is C=CCNc1nc(C#N)c(C#N)nc1N1CCCC1. The predicted molar refractivity (Wildman–Crippen MR) is 71.6 cm³/mol. The number of rotatable bonds is 4. The van der Waals surface area contributed by atoms with Gasteiger partial charge in [-0.25, -0.2) is 9.97 Å². The summed E-state index contributed by atoms with van der Waals surface area (Å²) in [5.41, 5.74) is 0.130. The number of anilines is 2. The van der Waals surface area contributed by atoms with Gasteiger partial charge in [-0.15, -0.1) is 6.58 Å². The maximum absolute atomic E-state index is 9.03. The third kappa shape index (κ3) is 2.63. The predicted octanol–water partition coefficient (Wildman–Crippen LogP) is 1.42. The lowest BCUT2D eigenvalue weighted by atomic mass is 10.3. The Hall–Kier alpha value is -2.60. The van der Waals surface area contributed by atoms with E-state index in [1.165, 1.54) is 0 Å². The summed E-state index contributed by atoms with van der Waals surface area (Å²) in [5, 5.41) is 21.1. The van der Waals surface area contributed by atoms with Crippen LogP contribution in [0, 0.1) is 22.7 Å². The molecule has 2 heterocycles. The number of nitrogens with zero attached hydrogens (tertiary/aromatic N) is 5. The van der Waals surface area contributed by atoms with Crippen molar-refractivity contribution in [3.05, 3.63) is 24.0 Å². The van der Waals surface area contributed by atoms with Gasteiger partial charge in [-0.1, -0.05) is 6.08 Å². The van der Waals surface area contributed by atoms with Gasteiger partial charge in [-0.05, 0) is 12.8 Å². The zero-order valence-electron chi connectivity index (χ0n) is 10.6. The number of hydrogen-bond donors (Lipinski definition) is 1. The molecule has 1 aliphatic rings. The van der Waals surface area contributed by atoms with Gasteiger partial charge in [0.25, 0.3) is 0 Å². The maximum Gasteiger partial charge on any atom is 0.179 e. The van der Waals surface area contributed by atoms with E-state index in [0.29, 0.717) is 18.2 Å². The molecule has 0 atom stereocenters. The van der Waals surface area contributed by atoms with E-state index < -0.39 is 0 Å². The van der Waals surface area contributed by atoms with Crippen LogP contribution < -0.4 is 10.2 Å². The molecule has 0 amide bonds. The highest BCUT2D eigenvalue weighted by Gasteiger charge is 2.21. The molecule has 0 bridgehead atoms. The van der Waals surface area contributed by atoms with Crippen molar-refractivity contribution in [2.45, 2.75) is 12.8 Å². The molecule has 0 saturated carbocycles. The minimum Gasteiger partial charge on any atom is -0.363 e. The highest BCUT2D eigenvalue weighted by Crippen LogP contribution is 2.26. The van der Waals surface area contributed by atoms with Crippen LogP contribution in [0.15, 0.2) is 12.7 Å². The highest BCUT2D eigenvalue weighted by atomic mass is 15.2. The molecule has 1 saturated heterocycles. The fraction of sp³-hybridized carbons (Fsp3) is 0.385. The molecule has 1 aromatic heterocycles. The van der Waals surface area contributed by atoms with Crippen molar-refractivity contribution in [2.75, 3.05) is 29.9 Å². The lowest BCUT2D eigenvalue weighted by Gasteiger charge is -2.19. The zero-order chi connectivity index (χ0) is 13.7. The molecule has 19 heavy (non-hydrogen) atoms. The number of aromatic nitrogens is 2. The summed E-state index contributed by atoms with van der Waals surface area (Å²) in [5.74, 6) is 1.19. The molecule has 0 spiro atoms. The van der Waals surface area contributed by atoms with Gasteiger partial charge in [0.15, 0.2) is 23.0 Å². The topological polar surface area (TPSA) is 88.6 Å². The Balaban J connectivity index is 2.45. The van der Waals surface area contributed by atoms with Crippen LogP contribution in [0.1, 0.15) is 24.2 Å². The van der Waals surface area contributed by atoms with Crippen molar-refractivity contribution in [3.63, 3.8) is 0 Å². The van der Waals surface area contributed by atoms with E-state index in [1.807, 2.05) is 12.1 Å². The Kier molecular flexibility index (Phi) is 3.94. The van der Waals surface area contributed by atoms with Gasteiger partial charge in [0.1, 0.15) is 12.1 Å². The van der Waals surface area contributed by atoms with Crippen molar-refractivity contribution in [1.82, 2.24) is 9.97 Å². The first-order valence-corrected chi connectivity index (χ1v) is 6.12. The molecule has 1 N–H and O–H groups in total. The molecule has 1 aromatic rings. The van der Waals surface area contributed by atoms with Gasteiger partial charge >= 0.3 is 0 Å². The van der Waals surface area contributed by atoms with Gasteiger partial charge in [-0.3, -0.25) is 0 Å². The average Bonchev–Trinajstić information content (AvgIpc) is 2.98. The molecule has 0 aliphatic carbocycles. The smallest absolute Gasteiger partial charge is 0.179 e. The van der Waals surface area contributed by atoms with Crippen molar-refractivity contribution < 1.29 is 0 Å². The van der Waals surface area contributed by atoms with Crippen LogP contribution in [0.5, 0.6) is 0 Å². The average molecular weight is 254 g/mol. The Morgan fingerprint density at radius 3 is 2.42 bits per heavy atom. The van der Waals surface area contributed by atoms with Crippen LogP contribution in [0.2, 0.25) is 0 Å². The molecule has 0 radical (unpaired) electrons. The third-order valence-corrected chi connectivity index (χ3v) is 2.91. The summed E-state index contributed by atoms with van der Waals surface area (Å²) in [6.07, 6.45) is 3.91. The second-order valence-electron chi connectivity index (χ2n) is 4.18. The molecule has 6 nitrogen and oxygen atoms in total. The number of hydrogen-bond acceptors (Lipinski definition) is 6. The van der Waals surface area contributed by atoms with Crippen LogP contribution in [-0.4, -0.2) is 29.6 Å². The first kappa shape index (κ1) is 12.8. The first-order valence-electron chi connectivity index (χ1n) is 6.12. The molecule has 96 valence electrons. The summed E-state index contributed by atoms with van der Waals surface area (Å²) in [4.78, 5) is 10.6. The van der Waals surface area contributed by atoms with Crippen LogP contribution >= 0.6 is 0 Å². The molecular weight excluding hydrogens is 240 g/mol. The monoisotopic (exact) mass is 254 g/mol. The second kappa shape index (κ2) is 5.83. The van der Waals surface area contributed by atoms with Crippen LogP contribution in [0.4, 0.5) is 11.6 Å². The molecular formula is C13H14N6. The fourth-order valence-electron chi connectivity index (χ4n) is 2.02. The van der Waals surface area contributed by atoms with Crippen molar-refractivity contribution >= 4 is 11.6 Å². The minimum absolute atomic E-state index is 0.0528. The van der Waals surface area contributed by atoms with E-state index in [4.69, 9.17) is 10.5 Å². The zero-order valence-corrected chi connectivity index (χ0v) is 10.6. The first-order chi connectivity index (χ1) is 9.30. The maximum atomic E-state index is 9.03. The Morgan fingerprint density at radius 1 is 1.21 bits per heavy atom. The van der Waals surface area contributed by atoms with E-state index in [1.54, 1.807) is 6.08 Å². The summed E-state index contributed by atoms with van der Waals surface area (Å²) in [6.45, 7) is 5.97. The van der Waals surface area contributed by atoms with Gasteiger partial charge < -0.3 is 10.2 Å². The van der Waals surface area contributed by atoms with Gasteiger partial charge in [-0.2, -0.15) is 10.5 Å². The van der Waals surface area contributed by atoms with Gasteiger partial charge in [0.2, 0.25) is 0 Å². The fourth-order valence-corrected chi connectivity index (χ4v) is 2.02. The third-order valence-electron chi connectivity index (χ3n) is 2.91.